The van der Waals surface area contributed by atoms with Crippen molar-refractivity contribution in [3.05, 3.63) is 12.7 Å². The zero-order chi connectivity index (χ0) is 17.6. The van der Waals surface area contributed by atoms with Gasteiger partial charge >= 0.3 is 0 Å². The lowest BCUT2D eigenvalue weighted by Gasteiger charge is -2.23. The first-order chi connectivity index (χ1) is 11.7. The molecule has 0 aromatic heterocycles. The van der Waals surface area contributed by atoms with Crippen LogP contribution in [-0.4, -0.2) is 59.6 Å². The minimum atomic E-state index is -1.00. The first-order valence-electron chi connectivity index (χ1n) is 9.51. The van der Waals surface area contributed by atoms with E-state index in [4.69, 9.17) is 14.6 Å². The summed E-state index contributed by atoms with van der Waals surface area (Å²) in [5.74, 6) is 0. The van der Waals surface area contributed by atoms with Crippen molar-refractivity contribution in [1.29, 1.82) is 0 Å². The van der Waals surface area contributed by atoms with E-state index in [2.05, 4.69) is 6.58 Å². The summed E-state index contributed by atoms with van der Waals surface area (Å²) in [6, 6.07) is 0. The van der Waals surface area contributed by atoms with Crippen LogP contribution in [0.4, 0.5) is 0 Å². The average molecular weight is 344 g/mol. The molecule has 4 atom stereocenters. The maximum Gasteiger partial charge on any atom is 0.114 e. The van der Waals surface area contributed by atoms with Gasteiger partial charge in [0.15, 0.2) is 0 Å². The minimum Gasteiger partial charge on any atom is -0.394 e. The van der Waals surface area contributed by atoms with E-state index in [-0.39, 0.29) is 13.2 Å². The largest absolute Gasteiger partial charge is 0.394 e. The molecule has 5 heteroatoms. The van der Waals surface area contributed by atoms with Gasteiger partial charge < -0.3 is 24.8 Å². The van der Waals surface area contributed by atoms with Crippen LogP contribution in [0.1, 0.15) is 64.2 Å². The van der Waals surface area contributed by atoms with E-state index >= 15 is 0 Å². The fraction of sp³-hybridized carbons (Fsp3) is 0.895. The molecule has 5 nitrogen and oxygen atoms in total. The van der Waals surface area contributed by atoms with Gasteiger partial charge in [0.1, 0.15) is 24.4 Å². The fourth-order valence-electron chi connectivity index (χ4n) is 3.11. The van der Waals surface area contributed by atoms with Gasteiger partial charge in [-0.25, -0.2) is 0 Å². The number of aliphatic hydroxyl groups excluding tert-OH is 3. The van der Waals surface area contributed by atoms with Crippen molar-refractivity contribution < 1.29 is 24.8 Å². The summed E-state index contributed by atoms with van der Waals surface area (Å²) in [5, 5.41) is 28.5. The molecular weight excluding hydrogens is 308 g/mol. The topological polar surface area (TPSA) is 79.2 Å². The Morgan fingerprint density at radius 3 is 2.21 bits per heavy atom. The van der Waals surface area contributed by atoms with Crippen LogP contribution >= 0.6 is 0 Å². The Bertz CT molecular complexity index is 310. The van der Waals surface area contributed by atoms with Gasteiger partial charge in [-0.3, -0.25) is 0 Å². The van der Waals surface area contributed by atoms with Crippen molar-refractivity contribution in [2.45, 2.75) is 88.6 Å². The third-order valence-electron chi connectivity index (χ3n) is 4.59. The van der Waals surface area contributed by atoms with Crippen LogP contribution in [0.15, 0.2) is 12.7 Å². The SMILES string of the molecule is C=CCCCCCCCCCCCO[C@@H]1[C@H]([C@H](O)CO)OC[C@@H]1O. The van der Waals surface area contributed by atoms with Gasteiger partial charge in [-0.1, -0.05) is 51.0 Å². The third kappa shape index (κ3) is 8.58. The molecule has 142 valence electrons. The van der Waals surface area contributed by atoms with E-state index in [0.717, 1.165) is 19.3 Å². The molecule has 0 amide bonds. The lowest BCUT2D eigenvalue weighted by Crippen LogP contribution is -2.42. The number of aliphatic hydroxyl groups is 3. The highest BCUT2D eigenvalue weighted by molar-refractivity contribution is 4.89. The van der Waals surface area contributed by atoms with Crippen molar-refractivity contribution in [2.24, 2.45) is 0 Å². The second-order valence-electron chi connectivity index (χ2n) is 6.71. The zero-order valence-corrected chi connectivity index (χ0v) is 14.9. The maximum absolute atomic E-state index is 9.83. The molecule has 1 saturated heterocycles. The van der Waals surface area contributed by atoms with Crippen LogP contribution in [-0.2, 0) is 9.47 Å². The molecule has 1 fully saturated rings. The van der Waals surface area contributed by atoms with Crippen LogP contribution in [0, 0.1) is 0 Å². The number of rotatable bonds is 15. The molecule has 3 N–H and O–H groups in total. The van der Waals surface area contributed by atoms with E-state index in [1.54, 1.807) is 0 Å². The molecule has 1 aliphatic heterocycles. The normalized spacial score (nSPS) is 25.0. The molecule has 0 aromatic carbocycles. The smallest absolute Gasteiger partial charge is 0.114 e. The molecule has 0 saturated carbocycles. The zero-order valence-electron chi connectivity index (χ0n) is 14.9. The summed E-state index contributed by atoms with van der Waals surface area (Å²) < 4.78 is 11.0. The Hall–Kier alpha value is -0.460. The van der Waals surface area contributed by atoms with E-state index in [9.17, 15) is 10.2 Å². The first-order valence-corrected chi connectivity index (χ1v) is 9.51. The Morgan fingerprint density at radius 2 is 1.62 bits per heavy atom. The molecule has 0 bridgehead atoms. The van der Waals surface area contributed by atoms with Crippen LogP contribution in [0.25, 0.3) is 0 Å². The molecule has 0 aliphatic carbocycles. The van der Waals surface area contributed by atoms with Gasteiger partial charge in [0.25, 0.3) is 0 Å². The highest BCUT2D eigenvalue weighted by atomic mass is 16.6. The Labute approximate surface area is 146 Å². The molecule has 1 rings (SSSR count). The minimum absolute atomic E-state index is 0.152. The first kappa shape index (κ1) is 21.6. The van der Waals surface area contributed by atoms with Gasteiger partial charge in [-0.05, 0) is 19.3 Å². The van der Waals surface area contributed by atoms with Crippen molar-refractivity contribution in [2.75, 3.05) is 19.8 Å². The van der Waals surface area contributed by atoms with Gasteiger partial charge in [0, 0.05) is 6.61 Å². The van der Waals surface area contributed by atoms with E-state index < -0.39 is 24.4 Å². The highest BCUT2D eigenvalue weighted by Gasteiger charge is 2.40. The lowest BCUT2D eigenvalue weighted by molar-refractivity contribution is -0.0938. The van der Waals surface area contributed by atoms with Crippen LogP contribution in [0.3, 0.4) is 0 Å². The summed E-state index contributed by atoms with van der Waals surface area (Å²) in [6.45, 7) is 4.06. The number of allylic oxidation sites excluding steroid dienone is 1. The number of hydrogen-bond donors (Lipinski definition) is 3. The van der Waals surface area contributed by atoms with Crippen molar-refractivity contribution >= 4 is 0 Å². The molecule has 1 heterocycles. The van der Waals surface area contributed by atoms with Gasteiger partial charge in [-0.15, -0.1) is 6.58 Å². The third-order valence-corrected chi connectivity index (χ3v) is 4.59. The van der Waals surface area contributed by atoms with Crippen LogP contribution < -0.4 is 0 Å². The number of hydrogen-bond acceptors (Lipinski definition) is 5. The van der Waals surface area contributed by atoms with Gasteiger partial charge in [0.2, 0.25) is 0 Å². The molecule has 24 heavy (non-hydrogen) atoms. The quantitative estimate of drug-likeness (QED) is 0.314. The van der Waals surface area contributed by atoms with Gasteiger partial charge in [0.05, 0.1) is 13.2 Å². The second-order valence-corrected chi connectivity index (χ2v) is 6.71. The highest BCUT2D eigenvalue weighted by Crippen LogP contribution is 2.21. The second kappa shape index (κ2) is 13.8. The molecule has 0 spiro atoms. The van der Waals surface area contributed by atoms with Crippen molar-refractivity contribution in [3.8, 4) is 0 Å². The Kier molecular flexibility index (Phi) is 12.4. The molecule has 0 aromatic rings. The Balaban J connectivity index is 1.95. The molecule has 1 aliphatic rings. The summed E-state index contributed by atoms with van der Waals surface area (Å²) >= 11 is 0. The predicted molar refractivity (Wildman–Crippen MR) is 94.9 cm³/mol. The summed E-state index contributed by atoms with van der Waals surface area (Å²) in [5.41, 5.74) is 0. The number of ether oxygens (including phenoxy) is 2. The van der Waals surface area contributed by atoms with Crippen LogP contribution in [0.5, 0.6) is 0 Å². The van der Waals surface area contributed by atoms with Crippen molar-refractivity contribution in [3.63, 3.8) is 0 Å². The van der Waals surface area contributed by atoms with E-state index in [0.29, 0.717) is 6.61 Å². The maximum atomic E-state index is 9.83. The van der Waals surface area contributed by atoms with Crippen LogP contribution in [0.2, 0.25) is 0 Å². The molecule has 0 radical (unpaired) electrons. The summed E-state index contributed by atoms with van der Waals surface area (Å²) in [4.78, 5) is 0. The fourth-order valence-corrected chi connectivity index (χ4v) is 3.11. The lowest BCUT2D eigenvalue weighted by atomic mass is 10.1. The number of unbranched alkanes of at least 4 members (excludes halogenated alkanes) is 9. The summed E-state index contributed by atoms with van der Waals surface area (Å²) in [7, 11) is 0. The standard InChI is InChI=1S/C19H36O5/c1-2-3-4-5-6-7-8-9-10-11-12-13-23-19-17(22)15-24-18(19)16(21)14-20/h2,16-22H,1,3-15H2/t16-,17+,18+,19+/m1/s1. The Morgan fingerprint density at radius 1 is 1.04 bits per heavy atom. The van der Waals surface area contributed by atoms with Crippen molar-refractivity contribution in [1.82, 2.24) is 0 Å². The average Bonchev–Trinajstić information content (AvgIpc) is 2.96. The monoisotopic (exact) mass is 344 g/mol. The summed E-state index contributed by atoms with van der Waals surface area (Å²) in [6.07, 6.45) is 11.3. The molecule has 0 unspecified atom stereocenters. The van der Waals surface area contributed by atoms with Gasteiger partial charge in [-0.2, -0.15) is 0 Å². The molecular formula is C19H36O5. The van der Waals surface area contributed by atoms with E-state index in [1.807, 2.05) is 6.08 Å². The predicted octanol–water partition coefficient (Wildman–Crippen LogP) is 2.57. The van der Waals surface area contributed by atoms with E-state index in [1.165, 1.54) is 44.9 Å².